The minimum atomic E-state index is -4.13. The number of rotatable bonds is 3. The van der Waals surface area contributed by atoms with Crippen LogP contribution in [0.2, 0.25) is 0 Å². The highest BCUT2D eigenvalue weighted by Gasteiger charge is 2.33. The molecule has 0 bridgehead atoms. The Bertz CT molecular complexity index is 557. The third-order valence-corrected chi connectivity index (χ3v) is 3.97. The molecule has 16 heavy (non-hydrogen) atoms. The molecule has 0 atom stereocenters. The van der Waals surface area contributed by atoms with Crippen LogP contribution in [0.25, 0.3) is 0 Å². The van der Waals surface area contributed by atoms with Gasteiger partial charge in [-0.3, -0.25) is 4.55 Å². The van der Waals surface area contributed by atoms with Gasteiger partial charge in [0.25, 0.3) is 10.1 Å². The predicted octanol–water partition coefficient (Wildman–Crippen LogP) is 2.75. The molecule has 0 aliphatic heterocycles. The second kappa shape index (κ2) is 3.71. The van der Waals surface area contributed by atoms with Gasteiger partial charge in [0, 0.05) is 5.57 Å². The fourth-order valence-corrected chi connectivity index (χ4v) is 3.45. The second-order valence-corrected chi connectivity index (χ2v) is 5.18. The lowest BCUT2D eigenvalue weighted by atomic mass is 10.0. The van der Waals surface area contributed by atoms with Crippen molar-refractivity contribution in [2.75, 3.05) is 0 Å². The molecule has 0 spiro atoms. The Labute approximate surface area is 95.6 Å². The van der Waals surface area contributed by atoms with Crippen molar-refractivity contribution >= 4 is 10.1 Å². The van der Waals surface area contributed by atoms with E-state index >= 15 is 0 Å². The Kier molecular flexibility index (Phi) is 2.64. The van der Waals surface area contributed by atoms with Gasteiger partial charge in [-0.05, 0) is 29.6 Å². The first-order chi connectivity index (χ1) is 7.50. The minimum absolute atomic E-state index is 0.104. The van der Waals surface area contributed by atoms with Crippen molar-refractivity contribution in [2.24, 2.45) is 0 Å². The summed E-state index contributed by atoms with van der Waals surface area (Å²) in [4.78, 5) is 0.104. The largest absolute Gasteiger partial charge is 0.295 e. The van der Waals surface area contributed by atoms with Crippen LogP contribution >= 0.6 is 0 Å². The molecule has 0 aromatic carbocycles. The molecule has 0 fully saturated rings. The van der Waals surface area contributed by atoms with Crippen LogP contribution in [0.4, 0.5) is 0 Å². The van der Waals surface area contributed by atoms with Crippen molar-refractivity contribution in [3.63, 3.8) is 0 Å². The van der Waals surface area contributed by atoms with Crippen LogP contribution in [-0.2, 0) is 10.1 Å². The van der Waals surface area contributed by atoms with Crippen molar-refractivity contribution in [3.8, 4) is 0 Å². The van der Waals surface area contributed by atoms with Gasteiger partial charge in [-0.1, -0.05) is 32.1 Å². The molecule has 0 heterocycles. The zero-order chi connectivity index (χ0) is 11.9. The van der Waals surface area contributed by atoms with Gasteiger partial charge in [0.1, 0.15) is 4.91 Å². The van der Waals surface area contributed by atoms with Crippen molar-refractivity contribution in [3.05, 3.63) is 45.4 Å². The molecule has 0 aromatic rings. The van der Waals surface area contributed by atoms with E-state index in [0.717, 1.165) is 23.1 Å². The van der Waals surface area contributed by atoms with Gasteiger partial charge in [0.05, 0.1) is 0 Å². The molecule has 0 radical (unpaired) electrons. The van der Waals surface area contributed by atoms with Gasteiger partial charge in [-0.15, -0.1) is 0 Å². The lowest BCUT2D eigenvalue weighted by Crippen LogP contribution is -2.04. The SMILES string of the molecule is CCC1=C2C=CC=C2C(S(=O)(=O)O)=C1CC. The Morgan fingerprint density at radius 2 is 1.81 bits per heavy atom. The maximum Gasteiger partial charge on any atom is 0.295 e. The first kappa shape index (κ1) is 11.4. The highest BCUT2D eigenvalue weighted by atomic mass is 32.2. The van der Waals surface area contributed by atoms with E-state index in [-0.39, 0.29) is 4.91 Å². The molecule has 4 heteroatoms. The average Bonchev–Trinajstić information content (AvgIpc) is 2.72. The summed E-state index contributed by atoms with van der Waals surface area (Å²) in [5.74, 6) is 0. The van der Waals surface area contributed by atoms with Crippen LogP contribution in [0.3, 0.4) is 0 Å². The third kappa shape index (κ3) is 1.49. The van der Waals surface area contributed by atoms with E-state index in [1.807, 2.05) is 26.0 Å². The third-order valence-electron chi connectivity index (χ3n) is 2.99. The zero-order valence-electron chi connectivity index (χ0n) is 9.32. The fourth-order valence-electron chi connectivity index (χ4n) is 2.42. The second-order valence-electron chi connectivity index (χ2n) is 3.82. The molecule has 1 N–H and O–H groups in total. The van der Waals surface area contributed by atoms with E-state index in [4.69, 9.17) is 0 Å². The molecule has 2 aliphatic carbocycles. The molecule has 0 saturated carbocycles. The summed E-state index contributed by atoms with van der Waals surface area (Å²) in [7, 11) is -4.13. The normalized spacial score (nSPS) is 19.6. The minimum Gasteiger partial charge on any atom is -0.282 e. The molecule has 0 aromatic heterocycles. The van der Waals surface area contributed by atoms with E-state index < -0.39 is 10.1 Å². The van der Waals surface area contributed by atoms with Crippen molar-refractivity contribution in [1.82, 2.24) is 0 Å². The molecule has 0 amide bonds. The lowest BCUT2D eigenvalue weighted by molar-refractivity contribution is 0.491. The van der Waals surface area contributed by atoms with Gasteiger partial charge < -0.3 is 0 Å². The summed E-state index contributed by atoms with van der Waals surface area (Å²) in [6.07, 6.45) is 6.86. The van der Waals surface area contributed by atoms with E-state index in [0.29, 0.717) is 12.0 Å². The molecular weight excluding hydrogens is 224 g/mol. The molecule has 0 saturated heterocycles. The molecule has 2 aliphatic rings. The predicted molar refractivity (Wildman–Crippen MR) is 63.4 cm³/mol. The van der Waals surface area contributed by atoms with E-state index in [2.05, 4.69) is 0 Å². The van der Waals surface area contributed by atoms with Crippen LogP contribution < -0.4 is 0 Å². The number of fused-ring (bicyclic) bond motifs is 1. The zero-order valence-corrected chi connectivity index (χ0v) is 10.1. The summed E-state index contributed by atoms with van der Waals surface area (Å²) in [5, 5.41) is 0. The molecular formula is C12H14O3S. The Hall–Kier alpha value is -1.13. The van der Waals surface area contributed by atoms with Crippen molar-refractivity contribution in [1.29, 1.82) is 0 Å². The molecule has 86 valence electrons. The quantitative estimate of drug-likeness (QED) is 0.769. The van der Waals surface area contributed by atoms with Crippen LogP contribution in [0.15, 0.2) is 45.4 Å². The lowest BCUT2D eigenvalue weighted by Gasteiger charge is -2.06. The molecule has 0 unspecified atom stereocenters. The highest BCUT2D eigenvalue weighted by Crippen LogP contribution is 2.44. The van der Waals surface area contributed by atoms with Gasteiger partial charge in [0.15, 0.2) is 0 Å². The smallest absolute Gasteiger partial charge is 0.282 e. The van der Waals surface area contributed by atoms with E-state index in [1.54, 1.807) is 6.08 Å². The van der Waals surface area contributed by atoms with Gasteiger partial charge in [-0.2, -0.15) is 8.42 Å². The van der Waals surface area contributed by atoms with Crippen LogP contribution in [-0.4, -0.2) is 13.0 Å². The van der Waals surface area contributed by atoms with E-state index in [1.165, 1.54) is 0 Å². The standard InChI is InChI=1S/C12H14O3S/c1-3-8-9(4-2)12(16(13,14)15)11-7-5-6-10(8)11/h5-7H,3-4H2,1-2H3,(H,13,14,15). The number of hydrogen-bond donors (Lipinski definition) is 1. The van der Waals surface area contributed by atoms with Crippen LogP contribution in [0.5, 0.6) is 0 Å². The van der Waals surface area contributed by atoms with Gasteiger partial charge in [-0.25, -0.2) is 0 Å². The van der Waals surface area contributed by atoms with Crippen molar-refractivity contribution in [2.45, 2.75) is 26.7 Å². The molecule has 3 nitrogen and oxygen atoms in total. The summed E-state index contributed by atoms with van der Waals surface area (Å²) in [5.41, 5.74) is 3.40. The van der Waals surface area contributed by atoms with Gasteiger partial charge in [0.2, 0.25) is 0 Å². The fraction of sp³-hybridized carbons (Fsp3) is 0.333. The number of allylic oxidation sites excluding steroid dienone is 7. The van der Waals surface area contributed by atoms with Gasteiger partial charge >= 0.3 is 0 Å². The Balaban J connectivity index is 2.70. The first-order valence-corrected chi connectivity index (χ1v) is 6.78. The topological polar surface area (TPSA) is 54.4 Å². The highest BCUT2D eigenvalue weighted by molar-refractivity contribution is 7.90. The van der Waals surface area contributed by atoms with Crippen molar-refractivity contribution < 1.29 is 13.0 Å². The first-order valence-electron chi connectivity index (χ1n) is 5.34. The summed E-state index contributed by atoms with van der Waals surface area (Å²) in [6, 6.07) is 0. The Morgan fingerprint density at radius 1 is 1.19 bits per heavy atom. The monoisotopic (exact) mass is 238 g/mol. The van der Waals surface area contributed by atoms with Crippen LogP contribution in [0, 0.1) is 0 Å². The maximum atomic E-state index is 11.4. The molecule has 2 rings (SSSR count). The summed E-state index contributed by atoms with van der Waals surface area (Å²) >= 11 is 0. The van der Waals surface area contributed by atoms with E-state index in [9.17, 15) is 13.0 Å². The summed E-state index contributed by atoms with van der Waals surface area (Å²) < 4.78 is 32.1. The number of hydrogen-bond acceptors (Lipinski definition) is 2. The summed E-state index contributed by atoms with van der Waals surface area (Å²) in [6.45, 7) is 3.90. The Morgan fingerprint density at radius 3 is 2.31 bits per heavy atom. The maximum absolute atomic E-state index is 11.4. The average molecular weight is 238 g/mol. The van der Waals surface area contributed by atoms with Crippen LogP contribution in [0.1, 0.15) is 26.7 Å².